The van der Waals surface area contributed by atoms with Gasteiger partial charge in [-0.15, -0.1) is 0 Å². The van der Waals surface area contributed by atoms with Crippen LogP contribution < -0.4 is 20.1 Å². The average Bonchev–Trinajstić information content (AvgIpc) is 2.77. The van der Waals surface area contributed by atoms with Crippen molar-refractivity contribution < 1.29 is 23.6 Å². The number of benzene rings is 1. The van der Waals surface area contributed by atoms with Crippen LogP contribution in [-0.2, 0) is 4.79 Å². The van der Waals surface area contributed by atoms with Gasteiger partial charge in [-0.1, -0.05) is 11.6 Å². The molecule has 0 radical (unpaired) electrons. The van der Waals surface area contributed by atoms with E-state index in [1.54, 1.807) is 0 Å². The van der Waals surface area contributed by atoms with Crippen molar-refractivity contribution in [2.45, 2.75) is 20.0 Å². The minimum absolute atomic E-state index is 0.143. The molecule has 0 bridgehead atoms. The maximum atomic E-state index is 13.8. The lowest BCUT2D eigenvalue weighted by atomic mass is 10.3. The van der Waals surface area contributed by atoms with E-state index < -0.39 is 22.8 Å². The minimum Gasteiger partial charge on any atom is -0.481 e. The third kappa shape index (κ3) is 6.26. The molecule has 33 heavy (non-hydrogen) atoms. The third-order valence-corrected chi connectivity index (χ3v) is 4.37. The molecule has 0 saturated heterocycles. The van der Waals surface area contributed by atoms with E-state index in [1.807, 2.05) is 6.92 Å². The summed E-state index contributed by atoms with van der Waals surface area (Å²) in [6, 6.07) is 9.81. The quantitative estimate of drug-likeness (QED) is 0.333. The van der Waals surface area contributed by atoms with E-state index in [0.717, 1.165) is 6.07 Å². The number of carbonyl (C=O) groups is 1. The Morgan fingerprint density at radius 2 is 1.94 bits per heavy atom. The second-order valence-electron chi connectivity index (χ2n) is 6.61. The predicted molar refractivity (Wildman–Crippen MR) is 119 cm³/mol. The van der Waals surface area contributed by atoms with Crippen LogP contribution in [0.3, 0.4) is 0 Å². The number of pyridine rings is 2. The first kappa shape index (κ1) is 23.7. The zero-order valence-electron chi connectivity index (χ0n) is 17.5. The van der Waals surface area contributed by atoms with Gasteiger partial charge >= 0.3 is 5.69 Å². The summed E-state index contributed by atoms with van der Waals surface area (Å²) in [7, 11) is 0. The van der Waals surface area contributed by atoms with Crippen molar-refractivity contribution in [1.29, 1.82) is 0 Å². The van der Waals surface area contributed by atoms with Gasteiger partial charge in [0, 0.05) is 18.8 Å². The third-order valence-electron chi connectivity index (χ3n) is 4.16. The highest BCUT2D eigenvalue weighted by molar-refractivity contribution is 6.30. The Labute approximate surface area is 192 Å². The molecule has 2 heterocycles. The summed E-state index contributed by atoms with van der Waals surface area (Å²) in [5.41, 5.74) is -0.346. The molecule has 1 aromatic carbocycles. The van der Waals surface area contributed by atoms with Gasteiger partial charge in [0.15, 0.2) is 11.9 Å². The molecule has 10 nitrogen and oxygen atoms in total. The highest BCUT2D eigenvalue weighted by Gasteiger charge is 2.22. The summed E-state index contributed by atoms with van der Waals surface area (Å²) >= 11 is 5.66. The number of ether oxygens (including phenoxy) is 2. The molecular formula is C21H19ClFN5O5. The summed E-state index contributed by atoms with van der Waals surface area (Å²) in [5, 5.41) is 16.7. The predicted octanol–water partition coefficient (Wildman–Crippen LogP) is 4.81. The van der Waals surface area contributed by atoms with Crippen molar-refractivity contribution in [2.75, 3.05) is 17.2 Å². The molecule has 3 rings (SSSR count). The summed E-state index contributed by atoms with van der Waals surface area (Å²) in [6.07, 6.45) is 0.252. The second kappa shape index (κ2) is 10.6. The molecule has 1 amide bonds. The standard InChI is InChI=1S/C21H19ClFN5O5/c1-3-24-18-9-8-17(28(30)31)19(26-18)27-20(29)12(2)32-14-4-6-15(7-5-14)33-21-16(23)10-13(22)11-25-21/h4-12H,3H2,1-2H3,(H2,24,26,27,29). The van der Waals surface area contributed by atoms with Gasteiger partial charge in [0.05, 0.1) is 9.95 Å². The number of nitrogens with zero attached hydrogens (tertiary/aromatic N) is 3. The van der Waals surface area contributed by atoms with Crippen LogP contribution in [0.25, 0.3) is 0 Å². The van der Waals surface area contributed by atoms with Crippen LogP contribution in [0.5, 0.6) is 17.4 Å². The van der Waals surface area contributed by atoms with Gasteiger partial charge in [0.1, 0.15) is 17.3 Å². The highest BCUT2D eigenvalue weighted by Crippen LogP contribution is 2.27. The molecule has 172 valence electrons. The molecule has 12 heteroatoms. The number of aromatic nitrogens is 2. The number of nitro groups is 1. The smallest absolute Gasteiger partial charge is 0.311 e. The van der Waals surface area contributed by atoms with Gasteiger partial charge in [0.25, 0.3) is 11.8 Å². The van der Waals surface area contributed by atoms with E-state index in [2.05, 4.69) is 20.6 Å². The number of nitrogens with one attached hydrogen (secondary N) is 2. The Hall–Kier alpha value is -3.99. The first-order valence-electron chi connectivity index (χ1n) is 9.72. The zero-order chi connectivity index (χ0) is 24.0. The van der Waals surface area contributed by atoms with E-state index in [9.17, 15) is 19.3 Å². The van der Waals surface area contributed by atoms with Crippen molar-refractivity contribution in [3.8, 4) is 17.4 Å². The van der Waals surface area contributed by atoms with Crippen molar-refractivity contribution in [3.05, 3.63) is 69.6 Å². The molecule has 0 aliphatic heterocycles. The molecular weight excluding hydrogens is 457 g/mol. The van der Waals surface area contributed by atoms with Crippen LogP contribution in [-0.4, -0.2) is 33.4 Å². The van der Waals surface area contributed by atoms with Gasteiger partial charge in [0.2, 0.25) is 5.82 Å². The molecule has 0 aliphatic rings. The molecule has 2 aromatic heterocycles. The SMILES string of the molecule is CCNc1ccc([N+](=O)[O-])c(NC(=O)C(C)Oc2ccc(Oc3ncc(Cl)cc3F)cc2)n1. The molecule has 0 aliphatic carbocycles. The Bertz CT molecular complexity index is 1160. The number of rotatable bonds is 9. The molecule has 0 spiro atoms. The van der Waals surface area contributed by atoms with E-state index in [1.165, 1.54) is 49.5 Å². The van der Waals surface area contributed by atoms with Crippen molar-refractivity contribution in [1.82, 2.24) is 9.97 Å². The number of hydrogen-bond donors (Lipinski definition) is 2. The Morgan fingerprint density at radius 3 is 2.58 bits per heavy atom. The number of amides is 1. The highest BCUT2D eigenvalue weighted by atomic mass is 35.5. The molecule has 0 saturated carbocycles. The van der Waals surface area contributed by atoms with Crippen LogP contribution in [0.2, 0.25) is 5.02 Å². The normalized spacial score (nSPS) is 11.4. The van der Waals surface area contributed by atoms with Gasteiger partial charge in [-0.3, -0.25) is 14.9 Å². The topological polar surface area (TPSA) is 129 Å². The van der Waals surface area contributed by atoms with E-state index in [0.29, 0.717) is 18.1 Å². The molecule has 1 atom stereocenters. The summed E-state index contributed by atoms with van der Waals surface area (Å²) in [4.78, 5) is 31.0. The van der Waals surface area contributed by atoms with Crippen molar-refractivity contribution in [2.24, 2.45) is 0 Å². The van der Waals surface area contributed by atoms with Crippen LogP contribution in [0.4, 0.5) is 21.7 Å². The lowest BCUT2D eigenvalue weighted by molar-refractivity contribution is -0.384. The summed E-state index contributed by atoms with van der Waals surface area (Å²) in [5.74, 6) is -0.795. The Balaban J connectivity index is 1.65. The maximum Gasteiger partial charge on any atom is 0.311 e. The van der Waals surface area contributed by atoms with Gasteiger partial charge in [-0.25, -0.2) is 14.4 Å². The Kier molecular flexibility index (Phi) is 7.57. The fraction of sp³-hybridized carbons (Fsp3) is 0.190. The van der Waals surface area contributed by atoms with Gasteiger partial charge < -0.3 is 20.1 Å². The van der Waals surface area contributed by atoms with Crippen molar-refractivity contribution >= 4 is 34.8 Å². The van der Waals surface area contributed by atoms with Crippen LogP contribution in [0.1, 0.15) is 13.8 Å². The van der Waals surface area contributed by atoms with E-state index in [4.69, 9.17) is 21.1 Å². The second-order valence-corrected chi connectivity index (χ2v) is 7.05. The molecule has 3 aromatic rings. The number of carbonyl (C=O) groups excluding carboxylic acids is 1. The first-order valence-corrected chi connectivity index (χ1v) is 10.1. The lowest BCUT2D eigenvalue weighted by Crippen LogP contribution is -2.30. The maximum absolute atomic E-state index is 13.8. The molecule has 0 fully saturated rings. The van der Waals surface area contributed by atoms with Crippen LogP contribution in [0, 0.1) is 15.9 Å². The van der Waals surface area contributed by atoms with Crippen molar-refractivity contribution in [3.63, 3.8) is 0 Å². The van der Waals surface area contributed by atoms with E-state index in [-0.39, 0.29) is 28.2 Å². The van der Waals surface area contributed by atoms with Gasteiger partial charge in [-0.05, 0) is 50.2 Å². The fourth-order valence-corrected chi connectivity index (χ4v) is 2.77. The van der Waals surface area contributed by atoms with Gasteiger partial charge in [-0.2, -0.15) is 0 Å². The van der Waals surface area contributed by atoms with Crippen LogP contribution in [0.15, 0.2) is 48.7 Å². The summed E-state index contributed by atoms with van der Waals surface area (Å²) in [6.45, 7) is 3.88. The van der Waals surface area contributed by atoms with Crippen LogP contribution >= 0.6 is 11.6 Å². The zero-order valence-corrected chi connectivity index (χ0v) is 18.3. The number of halogens is 2. The molecule has 2 N–H and O–H groups in total. The summed E-state index contributed by atoms with van der Waals surface area (Å²) < 4.78 is 24.8. The molecule has 1 unspecified atom stereocenters. The lowest BCUT2D eigenvalue weighted by Gasteiger charge is -2.15. The number of anilines is 2. The minimum atomic E-state index is -1.00. The first-order chi connectivity index (χ1) is 15.8. The largest absolute Gasteiger partial charge is 0.481 e. The fourth-order valence-electron chi connectivity index (χ4n) is 2.62. The monoisotopic (exact) mass is 475 g/mol. The Morgan fingerprint density at radius 1 is 1.24 bits per heavy atom. The number of hydrogen-bond acceptors (Lipinski definition) is 8. The average molecular weight is 476 g/mol. The van der Waals surface area contributed by atoms with E-state index >= 15 is 0 Å².